The summed E-state index contributed by atoms with van der Waals surface area (Å²) < 4.78 is 5.80. The van der Waals surface area contributed by atoms with Gasteiger partial charge in [0.05, 0.1) is 18.7 Å². The lowest BCUT2D eigenvalue weighted by molar-refractivity contribution is -0.136. The molecule has 1 aliphatic carbocycles. The molecule has 5 heteroatoms. The monoisotopic (exact) mass is 369 g/mol. The maximum Gasteiger partial charge on any atom is 0.237 e. The number of hydrogen-bond acceptors (Lipinski definition) is 4. The van der Waals surface area contributed by atoms with Gasteiger partial charge in [0, 0.05) is 26.7 Å². The number of carbonyl (C=O) groups is 1. The molecule has 1 heterocycles. The molecule has 3 rings (SSSR count). The first-order valence-corrected chi connectivity index (χ1v) is 10.2. The smallest absolute Gasteiger partial charge is 0.237 e. The Morgan fingerprint density at radius 2 is 1.96 bits per heavy atom. The fourth-order valence-electron chi connectivity index (χ4n) is 4.30. The Labute approximate surface area is 162 Å². The minimum atomic E-state index is -0.627. The number of rotatable bonds is 7. The van der Waals surface area contributed by atoms with Crippen LogP contribution in [0.2, 0.25) is 0 Å². The average molecular weight is 370 g/mol. The summed E-state index contributed by atoms with van der Waals surface area (Å²) in [6.07, 6.45) is 7.12. The molecule has 1 unspecified atom stereocenters. The molecule has 1 aliphatic heterocycles. The summed E-state index contributed by atoms with van der Waals surface area (Å²) in [5.41, 5.74) is 0.566. The van der Waals surface area contributed by atoms with Crippen molar-refractivity contribution < 1.29 is 9.53 Å². The summed E-state index contributed by atoms with van der Waals surface area (Å²) in [5.74, 6) is 0.0346. The van der Waals surface area contributed by atoms with Gasteiger partial charge in [-0.1, -0.05) is 49.6 Å². The van der Waals surface area contributed by atoms with E-state index in [-0.39, 0.29) is 12.0 Å². The zero-order valence-electron chi connectivity index (χ0n) is 16.4. The molecule has 0 aromatic heterocycles. The van der Waals surface area contributed by atoms with Crippen LogP contribution in [0, 0.1) is 11.3 Å². The number of nitriles is 1. The number of nitrogens with zero attached hydrogens (tertiary/aromatic N) is 3. The van der Waals surface area contributed by atoms with Gasteiger partial charge < -0.3 is 9.64 Å². The maximum atomic E-state index is 13.1. The second kappa shape index (κ2) is 9.34. The number of carbonyl (C=O) groups excluding carboxylic acids is 1. The Bertz CT molecular complexity index is 643. The predicted octanol–water partition coefficient (Wildman–Crippen LogP) is 3.35. The lowest BCUT2D eigenvalue weighted by Gasteiger charge is -2.40. The number of amides is 1. The Morgan fingerprint density at radius 1 is 1.22 bits per heavy atom. The van der Waals surface area contributed by atoms with E-state index >= 15 is 0 Å². The lowest BCUT2D eigenvalue weighted by Crippen LogP contribution is -2.53. The normalized spacial score (nSPS) is 21.7. The molecule has 1 aromatic carbocycles. The van der Waals surface area contributed by atoms with Crippen molar-refractivity contribution in [3.63, 3.8) is 0 Å². The van der Waals surface area contributed by atoms with Gasteiger partial charge in [-0.3, -0.25) is 9.69 Å². The molecule has 0 spiro atoms. The molecule has 1 saturated heterocycles. The SMILES string of the molecule is CN(C(=O)CN(Cc1ccccc1)CC1CCCO1)C1(C#N)CCCCC1. The molecule has 1 amide bonds. The van der Waals surface area contributed by atoms with Gasteiger partial charge in [0.1, 0.15) is 5.54 Å². The van der Waals surface area contributed by atoms with Crippen LogP contribution in [0.25, 0.3) is 0 Å². The second-order valence-electron chi connectivity index (χ2n) is 7.95. The van der Waals surface area contributed by atoms with E-state index in [9.17, 15) is 10.1 Å². The zero-order chi connectivity index (χ0) is 19.1. The minimum absolute atomic E-state index is 0.0346. The van der Waals surface area contributed by atoms with Gasteiger partial charge >= 0.3 is 0 Å². The van der Waals surface area contributed by atoms with Gasteiger partial charge in [0.2, 0.25) is 5.91 Å². The minimum Gasteiger partial charge on any atom is -0.377 e. The zero-order valence-corrected chi connectivity index (χ0v) is 16.4. The molecule has 5 nitrogen and oxygen atoms in total. The Hall–Kier alpha value is -1.90. The fourth-order valence-corrected chi connectivity index (χ4v) is 4.30. The van der Waals surface area contributed by atoms with E-state index in [2.05, 4.69) is 23.1 Å². The van der Waals surface area contributed by atoms with Gasteiger partial charge in [0.25, 0.3) is 0 Å². The predicted molar refractivity (Wildman–Crippen MR) is 105 cm³/mol. The van der Waals surface area contributed by atoms with Crippen molar-refractivity contribution in [3.05, 3.63) is 35.9 Å². The van der Waals surface area contributed by atoms with Gasteiger partial charge in [-0.05, 0) is 31.2 Å². The summed E-state index contributed by atoms with van der Waals surface area (Å²) in [6.45, 7) is 2.62. The first-order chi connectivity index (χ1) is 13.1. The molecule has 1 saturated carbocycles. The molecule has 2 fully saturated rings. The van der Waals surface area contributed by atoms with Crippen LogP contribution in [-0.4, -0.2) is 54.1 Å². The molecule has 2 aliphatic rings. The Balaban J connectivity index is 1.67. The van der Waals surface area contributed by atoms with Crippen LogP contribution in [0.3, 0.4) is 0 Å². The summed E-state index contributed by atoms with van der Waals surface area (Å²) in [5, 5.41) is 9.78. The summed E-state index contributed by atoms with van der Waals surface area (Å²) in [6, 6.07) is 12.7. The summed E-state index contributed by atoms with van der Waals surface area (Å²) in [4.78, 5) is 17.0. The number of hydrogen-bond donors (Lipinski definition) is 0. The molecular weight excluding hydrogens is 338 g/mol. The van der Waals surface area contributed by atoms with E-state index in [4.69, 9.17) is 4.74 Å². The maximum absolute atomic E-state index is 13.1. The van der Waals surface area contributed by atoms with Crippen LogP contribution in [0.15, 0.2) is 30.3 Å². The van der Waals surface area contributed by atoms with Crippen LogP contribution in [0.4, 0.5) is 0 Å². The number of benzene rings is 1. The fraction of sp³-hybridized carbons (Fsp3) is 0.636. The van der Waals surface area contributed by atoms with E-state index in [1.807, 2.05) is 25.2 Å². The highest BCUT2D eigenvalue weighted by atomic mass is 16.5. The van der Waals surface area contributed by atoms with Gasteiger partial charge in [0.15, 0.2) is 0 Å². The van der Waals surface area contributed by atoms with E-state index in [0.717, 1.165) is 64.6 Å². The molecule has 1 aromatic rings. The van der Waals surface area contributed by atoms with Crippen LogP contribution in [0.1, 0.15) is 50.5 Å². The molecule has 0 radical (unpaired) electrons. The van der Waals surface area contributed by atoms with Crippen molar-refractivity contribution in [2.45, 2.75) is 63.1 Å². The van der Waals surface area contributed by atoms with Crippen molar-refractivity contribution in [2.24, 2.45) is 0 Å². The van der Waals surface area contributed by atoms with Crippen molar-refractivity contribution in [3.8, 4) is 6.07 Å². The third-order valence-corrected chi connectivity index (χ3v) is 6.00. The standard InChI is InChI=1S/C22H31N3O2/c1-24(22(18-23)12-6-3-7-13-22)21(26)17-25(16-20-11-8-14-27-20)15-19-9-4-2-5-10-19/h2,4-5,9-10,20H,3,6-8,11-17H2,1H3. The van der Waals surface area contributed by atoms with Gasteiger partial charge in [-0.2, -0.15) is 5.26 Å². The van der Waals surface area contributed by atoms with E-state index in [1.54, 1.807) is 4.90 Å². The molecule has 0 bridgehead atoms. The highest BCUT2D eigenvalue weighted by Crippen LogP contribution is 2.32. The third-order valence-electron chi connectivity index (χ3n) is 6.00. The highest BCUT2D eigenvalue weighted by molar-refractivity contribution is 5.79. The van der Waals surface area contributed by atoms with Crippen LogP contribution in [0.5, 0.6) is 0 Å². The van der Waals surface area contributed by atoms with Crippen molar-refractivity contribution in [1.29, 1.82) is 5.26 Å². The quantitative estimate of drug-likeness (QED) is 0.740. The molecule has 146 valence electrons. The van der Waals surface area contributed by atoms with Crippen molar-refractivity contribution in [2.75, 3.05) is 26.7 Å². The van der Waals surface area contributed by atoms with Crippen LogP contribution in [-0.2, 0) is 16.1 Å². The van der Waals surface area contributed by atoms with Crippen molar-refractivity contribution in [1.82, 2.24) is 9.80 Å². The topological polar surface area (TPSA) is 56.6 Å². The average Bonchev–Trinajstić information content (AvgIpc) is 3.21. The van der Waals surface area contributed by atoms with Gasteiger partial charge in [-0.15, -0.1) is 0 Å². The van der Waals surface area contributed by atoms with Crippen LogP contribution >= 0.6 is 0 Å². The van der Waals surface area contributed by atoms with E-state index in [1.165, 1.54) is 5.56 Å². The van der Waals surface area contributed by atoms with Gasteiger partial charge in [-0.25, -0.2) is 0 Å². The van der Waals surface area contributed by atoms with E-state index in [0.29, 0.717) is 6.54 Å². The lowest BCUT2D eigenvalue weighted by atomic mass is 9.81. The Kier molecular flexibility index (Phi) is 6.87. The number of ether oxygens (including phenoxy) is 1. The molecule has 27 heavy (non-hydrogen) atoms. The van der Waals surface area contributed by atoms with E-state index < -0.39 is 5.54 Å². The second-order valence-corrected chi connectivity index (χ2v) is 7.95. The summed E-state index contributed by atoms with van der Waals surface area (Å²) in [7, 11) is 1.81. The first-order valence-electron chi connectivity index (χ1n) is 10.2. The highest BCUT2D eigenvalue weighted by Gasteiger charge is 2.39. The first kappa shape index (κ1) is 19.9. The largest absolute Gasteiger partial charge is 0.377 e. The number of likely N-dealkylation sites (N-methyl/N-ethyl adjacent to an activating group) is 1. The summed E-state index contributed by atoms with van der Waals surface area (Å²) >= 11 is 0. The molecule has 0 N–H and O–H groups in total. The Morgan fingerprint density at radius 3 is 2.59 bits per heavy atom. The molecular formula is C22H31N3O2. The van der Waals surface area contributed by atoms with Crippen LogP contribution < -0.4 is 0 Å². The van der Waals surface area contributed by atoms with Crippen molar-refractivity contribution >= 4 is 5.91 Å². The molecule has 1 atom stereocenters. The third kappa shape index (κ3) is 5.09.